The molecule has 0 spiro atoms. The molecule has 4 atom stereocenters. The summed E-state index contributed by atoms with van der Waals surface area (Å²) in [4.78, 5) is 28.8. The van der Waals surface area contributed by atoms with Crippen molar-refractivity contribution in [2.24, 2.45) is 17.3 Å². The van der Waals surface area contributed by atoms with Gasteiger partial charge in [0.2, 0.25) is 5.91 Å². The van der Waals surface area contributed by atoms with Gasteiger partial charge in [0, 0.05) is 36.1 Å². The molecule has 0 bridgehead atoms. The molecule has 0 aromatic rings. The zero-order valence-electron chi connectivity index (χ0n) is 23.0. The van der Waals surface area contributed by atoms with E-state index in [9.17, 15) is 14.7 Å². The van der Waals surface area contributed by atoms with Gasteiger partial charge in [0.05, 0.1) is 24.1 Å². The molecule has 4 aliphatic rings. The molecular weight excluding hydrogens is 486 g/mol. The summed E-state index contributed by atoms with van der Waals surface area (Å²) in [6.45, 7) is 11.9. The van der Waals surface area contributed by atoms with E-state index in [0.717, 1.165) is 51.6 Å². The molecule has 204 valence electrons. The SMILES string of the molecule is CC1=CCC(C(=O)N(C2=C(C(=O)O)SC(C#CC(C)(C)C)C2)C2CCC(O[C@@H]3CCOC3)CC2)[C@H](C)C1. The minimum absolute atomic E-state index is 0.00865. The first-order valence-corrected chi connectivity index (χ1v) is 14.8. The molecule has 2 heterocycles. The van der Waals surface area contributed by atoms with Gasteiger partial charge in [-0.05, 0) is 78.6 Å². The standard InChI is InChI=1S/C30H43NO5S/c1-19-6-11-25(20(2)16-19)28(32)31(21-7-9-22(10-8-21)36-23-13-15-35-18-23)26-17-24(12-14-30(3,4)5)37-27(26)29(33)34/h6,20-25H,7-11,13,15-18H2,1-5H3,(H,33,34)/t20-,21?,22?,23-,24?,25?/m1/s1. The molecule has 0 aromatic carbocycles. The highest BCUT2D eigenvalue weighted by Crippen LogP contribution is 2.44. The van der Waals surface area contributed by atoms with Crippen LogP contribution in [0.15, 0.2) is 22.3 Å². The maximum atomic E-state index is 14.2. The van der Waals surface area contributed by atoms with E-state index >= 15 is 0 Å². The van der Waals surface area contributed by atoms with Crippen molar-refractivity contribution in [3.8, 4) is 11.8 Å². The van der Waals surface area contributed by atoms with E-state index in [4.69, 9.17) is 9.47 Å². The number of carbonyl (C=O) groups is 2. The number of carboxylic acid groups (broad SMARTS) is 1. The van der Waals surface area contributed by atoms with Crippen LogP contribution in [0.1, 0.15) is 86.0 Å². The molecule has 1 amide bonds. The molecular formula is C30H43NO5S. The largest absolute Gasteiger partial charge is 0.477 e. The number of nitrogens with zero attached hydrogens (tertiary/aromatic N) is 1. The van der Waals surface area contributed by atoms with Crippen LogP contribution in [0, 0.1) is 29.1 Å². The van der Waals surface area contributed by atoms with Crippen molar-refractivity contribution < 1.29 is 24.2 Å². The zero-order chi connectivity index (χ0) is 26.7. The molecule has 2 aliphatic heterocycles. The van der Waals surface area contributed by atoms with Crippen LogP contribution in [0.25, 0.3) is 0 Å². The first-order valence-electron chi connectivity index (χ1n) is 13.9. The predicted octanol–water partition coefficient (Wildman–Crippen LogP) is 5.78. The lowest BCUT2D eigenvalue weighted by Crippen LogP contribution is -2.47. The third-order valence-electron chi connectivity index (χ3n) is 7.88. The van der Waals surface area contributed by atoms with E-state index in [1.807, 2.05) is 4.90 Å². The molecule has 37 heavy (non-hydrogen) atoms. The van der Waals surface area contributed by atoms with Crippen molar-refractivity contribution in [1.29, 1.82) is 0 Å². The zero-order valence-corrected chi connectivity index (χ0v) is 23.9. The second-order valence-electron chi connectivity index (χ2n) is 12.2. The Morgan fingerprint density at radius 3 is 2.46 bits per heavy atom. The summed E-state index contributed by atoms with van der Waals surface area (Å²) in [5, 5.41) is 10.0. The van der Waals surface area contributed by atoms with Crippen LogP contribution in [0.4, 0.5) is 0 Å². The van der Waals surface area contributed by atoms with Crippen LogP contribution in [0.3, 0.4) is 0 Å². The second-order valence-corrected chi connectivity index (χ2v) is 13.5. The molecule has 0 radical (unpaired) electrons. The van der Waals surface area contributed by atoms with Gasteiger partial charge in [0.25, 0.3) is 0 Å². The third kappa shape index (κ3) is 7.22. The first kappa shape index (κ1) is 28.3. The van der Waals surface area contributed by atoms with Crippen LogP contribution in [0.5, 0.6) is 0 Å². The van der Waals surface area contributed by atoms with Gasteiger partial charge >= 0.3 is 5.97 Å². The second kappa shape index (κ2) is 12.0. The van der Waals surface area contributed by atoms with Crippen molar-refractivity contribution in [2.75, 3.05) is 13.2 Å². The molecule has 0 aromatic heterocycles. The number of carbonyl (C=O) groups excluding carboxylic acids is 1. The molecule has 2 fully saturated rings. The van der Waals surface area contributed by atoms with Crippen molar-refractivity contribution in [2.45, 2.75) is 109 Å². The number of aliphatic carboxylic acids is 1. The highest BCUT2D eigenvalue weighted by Gasteiger charge is 2.42. The van der Waals surface area contributed by atoms with Crippen LogP contribution < -0.4 is 0 Å². The molecule has 1 N–H and O–H groups in total. The summed E-state index contributed by atoms with van der Waals surface area (Å²) in [5.41, 5.74) is 1.84. The van der Waals surface area contributed by atoms with Gasteiger partial charge in [-0.1, -0.05) is 42.2 Å². The topological polar surface area (TPSA) is 76.1 Å². The monoisotopic (exact) mass is 529 g/mol. The number of hydrogen-bond acceptors (Lipinski definition) is 5. The Bertz CT molecular complexity index is 986. The minimum atomic E-state index is -0.955. The number of rotatable bonds is 6. The van der Waals surface area contributed by atoms with Crippen molar-refractivity contribution in [1.82, 2.24) is 4.90 Å². The summed E-state index contributed by atoms with van der Waals surface area (Å²) in [7, 11) is 0. The smallest absolute Gasteiger partial charge is 0.344 e. The molecule has 1 saturated carbocycles. The Hall–Kier alpha value is -1.75. The van der Waals surface area contributed by atoms with Crippen LogP contribution in [-0.2, 0) is 19.1 Å². The first-order chi connectivity index (χ1) is 17.5. The molecule has 1 saturated heterocycles. The van der Waals surface area contributed by atoms with Crippen LogP contribution >= 0.6 is 11.8 Å². The van der Waals surface area contributed by atoms with E-state index in [1.54, 1.807) is 0 Å². The number of hydrogen-bond donors (Lipinski definition) is 1. The summed E-state index contributed by atoms with van der Waals surface area (Å²) in [5.74, 6) is 5.83. The summed E-state index contributed by atoms with van der Waals surface area (Å²) in [6.07, 6.45) is 8.99. The van der Waals surface area contributed by atoms with E-state index in [-0.39, 0.29) is 46.7 Å². The van der Waals surface area contributed by atoms with Gasteiger partial charge in [-0.15, -0.1) is 0 Å². The molecule has 2 unspecified atom stereocenters. The van der Waals surface area contributed by atoms with Gasteiger partial charge < -0.3 is 19.5 Å². The van der Waals surface area contributed by atoms with Crippen LogP contribution in [-0.4, -0.2) is 58.6 Å². The number of ether oxygens (including phenoxy) is 2. The molecule has 6 nitrogen and oxygen atoms in total. The highest BCUT2D eigenvalue weighted by atomic mass is 32.2. The summed E-state index contributed by atoms with van der Waals surface area (Å²) >= 11 is 1.31. The van der Waals surface area contributed by atoms with E-state index in [2.05, 4.69) is 52.5 Å². The molecule has 7 heteroatoms. The lowest BCUT2D eigenvalue weighted by atomic mass is 9.79. The van der Waals surface area contributed by atoms with E-state index in [1.165, 1.54) is 17.3 Å². The Labute approximate surface area is 226 Å². The third-order valence-corrected chi connectivity index (χ3v) is 9.10. The van der Waals surface area contributed by atoms with Gasteiger partial charge in [-0.25, -0.2) is 4.79 Å². The van der Waals surface area contributed by atoms with Crippen molar-refractivity contribution in [3.05, 3.63) is 22.3 Å². The van der Waals surface area contributed by atoms with E-state index in [0.29, 0.717) is 23.6 Å². The number of amides is 1. The Kier molecular flexibility index (Phi) is 9.14. The lowest BCUT2D eigenvalue weighted by molar-refractivity contribution is -0.139. The van der Waals surface area contributed by atoms with Gasteiger partial charge in [-0.2, -0.15) is 0 Å². The highest BCUT2D eigenvalue weighted by molar-refractivity contribution is 8.05. The molecule has 2 aliphatic carbocycles. The fraction of sp³-hybridized carbons (Fsp3) is 0.733. The minimum Gasteiger partial charge on any atom is -0.477 e. The number of allylic oxidation sites excluding steroid dienone is 3. The normalized spacial score (nSPS) is 32.5. The Balaban J connectivity index is 1.58. The van der Waals surface area contributed by atoms with Gasteiger partial charge in [-0.3, -0.25) is 4.79 Å². The maximum absolute atomic E-state index is 14.2. The fourth-order valence-corrected chi connectivity index (χ4v) is 7.02. The number of carboxylic acids is 1. The van der Waals surface area contributed by atoms with Crippen LogP contribution in [0.2, 0.25) is 0 Å². The Morgan fingerprint density at radius 2 is 1.86 bits per heavy atom. The Morgan fingerprint density at radius 1 is 1.14 bits per heavy atom. The molecule has 4 rings (SSSR count). The van der Waals surface area contributed by atoms with E-state index < -0.39 is 5.97 Å². The lowest BCUT2D eigenvalue weighted by Gasteiger charge is -2.41. The van der Waals surface area contributed by atoms with Crippen molar-refractivity contribution >= 4 is 23.6 Å². The van der Waals surface area contributed by atoms with Crippen molar-refractivity contribution in [3.63, 3.8) is 0 Å². The predicted molar refractivity (Wildman–Crippen MR) is 147 cm³/mol. The summed E-state index contributed by atoms with van der Waals surface area (Å²) < 4.78 is 11.8. The van der Waals surface area contributed by atoms with Gasteiger partial charge in [0.15, 0.2) is 0 Å². The van der Waals surface area contributed by atoms with Gasteiger partial charge in [0.1, 0.15) is 4.91 Å². The maximum Gasteiger partial charge on any atom is 0.344 e. The average Bonchev–Trinajstić information content (AvgIpc) is 3.49. The fourth-order valence-electron chi connectivity index (χ4n) is 5.96. The average molecular weight is 530 g/mol. The summed E-state index contributed by atoms with van der Waals surface area (Å²) in [6, 6.07) is -0.00865. The number of thioether (sulfide) groups is 1. The quantitative estimate of drug-likeness (QED) is 0.347.